The molecule has 0 bridgehead atoms. The van der Waals surface area contributed by atoms with Crippen LogP contribution in [0.5, 0.6) is 0 Å². The van der Waals surface area contributed by atoms with Crippen molar-refractivity contribution in [2.24, 2.45) is 0 Å². The van der Waals surface area contributed by atoms with E-state index in [1.807, 2.05) is 0 Å². The maximum absolute atomic E-state index is 12.9. The zero-order valence-electron chi connectivity index (χ0n) is 10.4. The molecule has 1 aromatic heterocycles. The van der Waals surface area contributed by atoms with Gasteiger partial charge in [-0.1, -0.05) is 0 Å². The molecule has 2 rings (SSSR count). The summed E-state index contributed by atoms with van der Waals surface area (Å²) in [6, 6.07) is 7.56. The second-order valence-electron chi connectivity index (χ2n) is 3.92. The highest BCUT2D eigenvalue weighted by Crippen LogP contribution is 2.25. The molecule has 0 fully saturated rings. The molecule has 0 aliphatic heterocycles. The van der Waals surface area contributed by atoms with Gasteiger partial charge in [-0.3, -0.25) is 14.9 Å². The fraction of sp³-hybridized carbons (Fsp3) is 0. The maximum Gasteiger partial charge on any atom is 0.294 e. The predicted octanol–water partition coefficient (Wildman–Crippen LogP) is 2.25. The quantitative estimate of drug-likeness (QED) is 0.528. The van der Waals surface area contributed by atoms with Crippen LogP contribution in [-0.4, -0.2) is 15.8 Å². The molecule has 1 N–H and O–H groups in total. The number of halogens is 1. The molecule has 0 unspecified atom stereocenters. The van der Waals surface area contributed by atoms with Crippen LogP contribution in [-0.2, 0) is 0 Å². The molecular formula is C13H7FN4O3. The van der Waals surface area contributed by atoms with E-state index in [2.05, 4.69) is 10.3 Å². The summed E-state index contributed by atoms with van der Waals surface area (Å²) in [5.41, 5.74) is -0.436. The number of rotatable bonds is 3. The average Bonchev–Trinajstić information content (AvgIpc) is 2.47. The van der Waals surface area contributed by atoms with Crippen molar-refractivity contribution in [3.8, 4) is 6.07 Å². The van der Waals surface area contributed by atoms with Gasteiger partial charge in [-0.2, -0.15) is 9.65 Å². The number of pyridine rings is 1. The zero-order valence-corrected chi connectivity index (χ0v) is 10.4. The molecule has 0 radical (unpaired) electrons. The molecule has 0 aliphatic rings. The van der Waals surface area contributed by atoms with Crippen LogP contribution in [0.1, 0.15) is 15.9 Å². The first-order valence-corrected chi connectivity index (χ1v) is 5.62. The second-order valence-corrected chi connectivity index (χ2v) is 3.92. The SMILES string of the molecule is N#Cc1ccc(NC(=O)c2ccnc(F)c2)c([N+](=O)[O-])c1. The van der Waals surface area contributed by atoms with E-state index in [9.17, 15) is 19.3 Å². The van der Waals surface area contributed by atoms with Crippen LogP contribution in [0.15, 0.2) is 36.5 Å². The topological polar surface area (TPSA) is 109 Å². The largest absolute Gasteiger partial charge is 0.316 e. The Kier molecular flexibility index (Phi) is 3.85. The van der Waals surface area contributed by atoms with Gasteiger partial charge in [0.1, 0.15) is 5.69 Å². The van der Waals surface area contributed by atoms with Gasteiger partial charge in [0, 0.05) is 23.9 Å². The van der Waals surface area contributed by atoms with Gasteiger partial charge in [-0.05, 0) is 18.2 Å². The first-order valence-electron chi connectivity index (χ1n) is 5.62. The first kappa shape index (κ1) is 14.1. The van der Waals surface area contributed by atoms with Gasteiger partial charge in [-0.25, -0.2) is 4.98 Å². The molecule has 1 heterocycles. The molecule has 0 aliphatic carbocycles. The Labute approximate surface area is 117 Å². The van der Waals surface area contributed by atoms with Gasteiger partial charge in [0.05, 0.1) is 16.6 Å². The number of amides is 1. The fourth-order valence-corrected chi connectivity index (χ4v) is 1.60. The third-order valence-corrected chi connectivity index (χ3v) is 2.56. The normalized spacial score (nSPS) is 9.71. The van der Waals surface area contributed by atoms with E-state index in [0.29, 0.717) is 0 Å². The summed E-state index contributed by atoms with van der Waals surface area (Å²) < 4.78 is 12.9. The molecule has 0 spiro atoms. The van der Waals surface area contributed by atoms with E-state index in [1.165, 1.54) is 18.2 Å². The van der Waals surface area contributed by atoms with Crippen molar-refractivity contribution >= 4 is 17.3 Å². The molecule has 104 valence electrons. The summed E-state index contributed by atoms with van der Waals surface area (Å²) in [5, 5.41) is 22.0. The highest BCUT2D eigenvalue weighted by atomic mass is 19.1. The molecular weight excluding hydrogens is 279 g/mol. The van der Waals surface area contributed by atoms with E-state index >= 15 is 0 Å². The van der Waals surface area contributed by atoms with E-state index in [-0.39, 0.29) is 16.8 Å². The van der Waals surface area contributed by atoms with Crippen molar-refractivity contribution in [3.05, 3.63) is 63.7 Å². The molecule has 0 saturated carbocycles. The summed E-state index contributed by atoms with van der Waals surface area (Å²) in [6.07, 6.45) is 1.11. The van der Waals surface area contributed by atoms with Crippen LogP contribution in [0.2, 0.25) is 0 Å². The van der Waals surface area contributed by atoms with E-state index < -0.39 is 22.5 Å². The Balaban J connectivity index is 2.33. The molecule has 8 heteroatoms. The van der Waals surface area contributed by atoms with Crippen molar-refractivity contribution in [1.29, 1.82) is 5.26 Å². The summed E-state index contributed by atoms with van der Waals surface area (Å²) in [7, 11) is 0. The first-order chi connectivity index (χ1) is 10.0. The number of benzene rings is 1. The molecule has 1 amide bonds. The van der Waals surface area contributed by atoms with Crippen LogP contribution >= 0.6 is 0 Å². The summed E-state index contributed by atoms with van der Waals surface area (Å²) >= 11 is 0. The molecule has 2 aromatic rings. The number of carbonyl (C=O) groups excluding carboxylic acids is 1. The third kappa shape index (κ3) is 3.16. The Bertz CT molecular complexity index is 770. The Morgan fingerprint density at radius 1 is 1.38 bits per heavy atom. The maximum atomic E-state index is 12.9. The molecule has 21 heavy (non-hydrogen) atoms. The van der Waals surface area contributed by atoms with Gasteiger partial charge < -0.3 is 5.32 Å². The van der Waals surface area contributed by atoms with Crippen LogP contribution < -0.4 is 5.32 Å². The van der Waals surface area contributed by atoms with Gasteiger partial charge >= 0.3 is 0 Å². The molecule has 0 atom stereocenters. The number of anilines is 1. The van der Waals surface area contributed by atoms with Crippen LogP contribution in [0.3, 0.4) is 0 Å². The van der Waals surface area contributed by atoms with Gasteiger partial charge in [0.15, 0.2) is 0 Å². The summed E-state index contributed by atoms with van der Waals surface area (Å²) in [4.78, 5) is 25.4. The number of nitriles is 1. The zero-order chi connectivity index (χ0) is 15.4. The van der Waals surface area contributed by atoms with E-state index in [4.69, 9.17) is 5.26 Å². The van der Waals surface area contributed by atoms with Crippen molar-refractivity contribution in [2.45, 2.75) is 0 Å². The molecule has 1 aromatic carbocycles. The van der Waals surface area contributed by atoms with Crippen molar-refractivity contribution in [1.82, 2.24) is 4.98 Å². The number of hydrogen-bond acceptors (Lipinski definition) is 5. The van der Waals surface area contributed by atoms with E-state index in [0.717, 1.165) is 18.3 Å². The molecule has 7 nitrogen and oxygen atoms in total. The lowest BCUT2D eigenvalue weighted by molar-refractivity contribution is -0.383. The number of aromatic nitrogens is 1. The molecule has 0 saturated heterocycles. The lowest BCUT2D eigenvalue weighted by atomic mass is 10.1. The average molecular weight is 286 g/mol. The summed E-state index contributed by atoms with van der Waals surface area (Å²) in [5.74, 6) is -1.55. The minimum atomic E-state index is -0.836. The number of nitrogens with one attached hydrogen (secondary N) is 1. The number of nitro benzene ring substituents is 1. The van der Waals surface area contributed by atoms with E-state index in [1.54, 1.807) is 6.07 Å². The number of nitrogens with zero attached hydrogens (tertiary/aromatic N) is 3. The summed E-state index contributed by atoms with van der Waals surface area (Å²) in [6.45, 7) is 0. The Hall–Kier alpha value is -3.34. The Morgan fingerprint density at radius 2 is 2.14 bits per heavy atom. The van der Waals surface area contributed by atoms with Crippen LogP contribution in [0, 0.1) is 27.4 Å². The predicted molar refractivity (Wildman–Crippen MR) is 70.0 cm³/mol. The highest BCUT2D eigenvalue weighted by Gasteiger charge is 2.17. The number of nitro groups is 1. The van der Waals surface area contributed by atoms with Gasteiger partial charge in [-0.15, -0.1) is 0 Å². The number of carbonyl (C=O) groups is 1. The fourth-order valence-electron chi connectivity index (χ4n) is 1.60. The number of hydrogen-bond donors (Lipinski definition) is 1. The highest BCUT2D eigenvalue weighted by molar-refractivity contribution is 6.05. The third-order valence-electron chi connectivity index (χ3n) is 2.56. The van der Waals surface area contributed by atoms with Gasteiger partial charge in [0.25, 0.3) is 11.6 Å². The van der Waals surface area contributed by atoms with Crippen molar-refractivity contribution in [3.63, 3.8) is 0 Å². The van der Waals surface area contributed by atoms with Gasteiger partial charge in [0.2, 0.25) is 5.95 Å². The van der Waals surface area contributed by atoms with Crippen molar-refractivity contribution < 1.29 is 14.1 Å². The lowest BCUT2D eigenvalue weighted by Crippen LogP contribution is -2.13. The van der Waals surface area contributed by atoms with Crippen LogP contribution in [0.4, 0.5) is 15.8 Å². The monoisotopic (exact) mass is 286 g/mol. The second kappa shape index (κ2) is 5.75. The van der Waals surface area contributed by atoms with Crippen molar-refractivity contribution in [2.75, 3.05) is 5.32 Å². The standard InChI is InChI=1S/C13H7FN4O3/c14-12-6-9(3-4-16-12)13(19)17-10-2-1-8(7-15)5-11(10)18(20)21/h1-6H,(H,17,19). The minimum Gasteiger partial charge on any atom is -0.316 e. The van der Waals surface area contributed by atoms with Crippen LogP contribution in [0.25, 0.3) is 0 Å². The smallest absolute Gasteiger partial charge is 0.294 e. The Morgan fingerprint density at radius 3 is 2.76 bits per heavy atom. The minimum absolute atomic E-state index is 0.0267. The lowest BCUT2D eigenvalue weighted by Gasteiger charge is -2.06.